The van der Waals surface area contributed by atoms with E-state index in [1.807, 2.05) is 67.5 Å². The van der Waals surface area contributed by atoms with Crippen LogP contribution in [0.5, 0.6) is 0 Å². The van der Waals surface area contributed by atoms with E-state index in [0.29, 0.717) is 12.5 Å². The lowest BCUT2D eigenvalue weighted by molar-refractivity contribution is -0.117. The lowest BCUT2D eigenvalue weighted by Crippen LogP contribution is -2.32. The van der Waals surface area contributed by atoms with Crippen LogP contribution in [-0.4, -0.2) is 32.5 Å². The quantitative estimate of drug-likeness (QED) is 0.796. The van der Waals surface area contributed by atoms with Crippen LogP contribution in [0.3, 0.4) is 0 Å². The van der Waals surface area contributed by atoms with E-state index in [-0.39, 0.29) is 18.2 Å². The Morgan fingerprint density at radius 1 is 1.00 bits per heavy atom. The van der Waals surface area contributed by atoms with Crippen molar-refractivity contribution in [3.05, 3.63) is 54.1 Å². The Morgan fingerprint density at radius 3 is 2.19 bits per heavy atom. The van der Waals surface area contributed by atoms with Gasteiger partial charge in [0.05, 0.1) is 0 Å². The third-order valence-electron chi connectivity index (χ3n) is 4.46. The van der Waals surface area contributed by atoms with Gasteiger partial charge in [-0.2, -0.15) is 0 Å². The standard InChI is InChI=1S/C22H29N3O2/c1-16(2)20-8-6-7-9-21(20)25(17(3)26)15-14-22(27)23-18-10-12-19(13-11-18)24(4)5/h6-13,16H,14-15H2,1-5H3,(H,23,27). The normalized spacial score (nSPS) is 10.6. The third-order valence-corrected chi connectivity index (χ3v) is 4.46. The molecule has 0 spiro atoms. The van der Waals surface area contributed by atoms with Crippen LogP contribution in [0.15, 0.2) is 48.5 Å². The highest BCUT2D eigenvalue weighted by Crippen LogP contribution is 2.27. The SMILES string of the molecule is CC(=O)N(CCC(=O)Nc1ccc(N(C)C)cc1)c1ccccc1C(C)C. The van der Waals surface area contributed by atoms with Crippen molar-refractivity contribution < 1.29 is 9.59 Å². The molecular weight excluding hydrogens is 338 g/mol. The van der Waals surface area contributed by atoms with Gasteiger partial charge in [0.25, 0.3) is 0 Å². The second-order valence-corrected chi connectivity index (χ2v) is 7.12. The van der Waals surface area contributed by atoms with Gasteiger partial charge in [-0.3, -0.25) is 9.59 Å². The van der Waals surface area contributed by atoms with Gasteiger partial charge in [-0.1, -0.05) is 32.0 Å². The topological polar surface area (TPSA) is 52.7 Å². The van der Waals surface area contributed by atoms with Gasteiger partial charge in [0.1, 0.15) is 0 Å². The van der Waals surface area contributed by atoms with Crippen molar-refractivity contribution in [3.63, 3.8) is 0 Å². The predicted molar refractivity (Wildman–Crippen MR) is 113 cm³/mol. The van der Waals surface area contributed by atoms with E-state index < -0.39 is 0 Å². The van der Waals surface area contributed by atoms with Crippen molar-refractivity contribution in [1.82, 2.24) is 0 Å². The van der Waals surface area contributed by atoms with Crippen LogP contribution in [0.1, 0.15) is 38.7 Å². The molecule has 5 heteroatoms. The minimum Gasteiger partial charge on any atom is -0.378 e. The number of amides is 2. The fourth-order valence-corrected chi connectivity index (χ4v) is 2.95. The molecule has 5 nitrogen and oxygen atoms in total. The Kier molecular flexibility index (Phi) is 6.99. The zero-order valence-electron chi connectivity index (χ0n) is 16.8. The van der Waals surface area contributed by atoms with Gasteiger partial charge in [0.15, 0.2) is 0 Å². The number of carbonyl (C=O) groups is 2. The summed E-state index contributed by atoms with van der Waals surface area (Å²) >= 11 is 0. The molecule has 0 heterocycles. The highest BCUT2D eigenvalue weighted by Gasteiger charge is 2.17. The minimum atomic E-state index is -0.110. The molecule has 0 saturated carbocycles. The predicted octanol–water partition coefficient (Wildman–Crippen LogP) is 4.26. The molecule has 0 radical (unpaired) electrons. The van der Waals surface area contributed by atoms with Crippen molar-refractivity contribution in [2.45, 2.75) is 33.1 Å². The van der Waals surface area contributed by atoms with Crippen molar-refractivity contribution in [2.24, 2.45) is 0 Å². The first kappa shape index (κ1) is 20.5. The number of nitrogens with zero attached hydrogens (tertiary/aromatic N) is 2. The van der Waals surface area contributed by atoms with E-state index in [9.17, 15) is 9.59 Å². The zero-order valence-corrected chi connectivity index (χ0v) is 16.8. The van der Waals surface area contributed by atoms with Crippen molar-refractivity contribution in [3.8, 4) is 0 Å². The van der Waals surface area contributed by atoms with Crippen LogP contribution in [0.2, 0.25) is 0 Å². The molecule has 27 heavy (non-hydrogen) atoms. The van der Waals surface area contributed by atoms with Gasteiger partial charge < -0.3 is 15.1 Å². The Bertz CT molecular complexity index is 782. The number of rotatable bonds is 7. The molecule has 0 unspecified atom stereocenters. The first-order chi connectivity index (χ1) is 12.8. The summed E-state index contributed by atoms with van der Waals surface area (Å²) in [6, 6.07) is 15.5. The Morgan fingerprint density at radius 2 is 1.63 bits per heavy atom. The Balaban J connectivity index is 2.04. The van der Waals surface area contributed by atoms with Crippen molar-refractivity contribution >= 4 is 28.9 Å². The van der Waals surface area contributed by atoms with E-state index in [0.717, 1.165) is 22.6 Å². The van der Waals surface area contributed by atoms with Gasteiger partial charge >= 0.3 is 0 Å². The molecule has 2 amide bonds. The molecule has 0 aromatic heterocycles. The monoisotopic (exact) mass is 367 g/mol. The highest BCUT2D eigenvalue weighted by atomic mass is 16.2. The van der Waals surface area contributed by atoms with Crippen LogP contribution in [0.4, 0.5) is 17.1 Å². The number of anilines is 3. The van der Waals surface area contributed by atoms with E-state index in [1.54, 1.807) is 4.90 Å². The summed E-state index contributed by atoms with van der Waals surface area (Å²) in [4.78, 5) is 28.2. The second-order valence-electron chi connectivity index (χ2n) is 7.12. The molecule has 1 N–H and O–H groups in total. The van der Waals surface area contributed by atoms with Crippen LogP contribution >= 0.6 is 0 Å². The van der Waals surface area contributed by atoms with Gasteiger partial charge in [-0.15, -0.1) is 0 Å². The number of carbonyl (C=O) groups excluding carboxylic acids is 2. The Labute approximate surface area is 162 Å². The average Bonchev–Trinajstić information content (AvgIpc) is 2.62. The number of nitrogens with one attached hydrogen (secondary N) is 1. The molecule has 0 bridgehead atoms. The van der Waals surface area contributed by atoms with Crippen molar-refractivity contribution in [1.29, 1.82) is 0 Å². The summed E-state index contributed by atoms with van der Waals surface area (Å²) in [5.41, 5.74) is 3.80. The van der Waals surface area contributed by atoms with E-state index in [1.165, 1.54) is 6.92 Å². The molecular formula is C22H29N3O2. The van der Waals surface area contributed by atoms with Gasteiger partial charge in [-0.25, -0.2) is 0 Å². The average molecular weight is 367 g/mol. The molecule has 2 aromatic carbocycles. The van der Waals surface area contributed by atoms with Gasteiger partial charge in [0.2, 0.25) is 11.8 Å². The maximum Gasteiger partial charge on any atom is 0.226 e. The fourth-order valence-electron chi connectivity index (χ4n) is 2.95. The summed E-state index contributed by atoms with van der Waals surface area (Å²) in [6.07, 6.45) is 0.238. The summed E-state index contributed by atoms with van der Waals surface area (Å²) < 4.78 is 0. The van der Waals surface area contributed by atoms with E-state index in [4.69, 9.17) is 0 Å². The third kappa shape index (κ3) is 5.58. The molecule has 0 atom stereocenters. The smallest absolute Gasteiger partial charge is 0.226 e. The van der Waals surface area contributed by atoms with Crippen LogP contribution in [0.25, 0.3) is 0 Å². The summed E-state index contributed by atoms with van der Waals surface area (Å²) in [5.74, 6) is 0.124. The molecule has 144 valence electrons. The number of para-hydroxylation sites is 1. The minimum absolute atomic E-state index is 0.0637. The summed E-state index contributed by atoms with van der Waals surface area (Å²) in [6.45, 7) is 6.08. The number of hydrogen-bond donors (Lipinski definition) is 1. The van der Waals surface area contributed by atoms with Gasteiger partial charge in [-0.05, 0) is 41.8 Å². The lowest BCUT2D eigenvalue weighted by atomic mass is 10.0. The molecule has 0 aliphatic carbocycles. The first-order valence-electron chi connectivity index (χ1n) is 9.24. The number of benzene rings is 2. The first-order valence-corrected chi connectivity index (χ1v) is 9.24. The molecule has 0 aliphatic heterocycles. The second kappa shape index (κ2) is 9.21. The highest BCUT2D eigenvalue weighted by molar-refractivity contribution is 5.95. The molecule has 0 fully saturated rings. The fraction of sp³-hybridized carbons (Fsp3) is 0.364. The Hall–Kier alpha value is -2.82. The van der Waals surface area contributed by atoms with E-state index in [2.05, 4.69) is 19.2 Å². The molecule has 0 aliphatic rings. The summed E-state index contributed by atoms with van der Waals surface area (Å²) in [7, 11) is 3.94. The summed E-state index contributed by atoms with van der Waals surface area (Å²) in [5, 5.41) is 2.90. The molecule has 2 aromatic rings. The van der Waals surface area contributed by atoms with E-state index >= 15 is 0 Å². The lowest BCUT2D eigenvalue weighted by Gasteiger charge is -2.25. The largest absolute Gasteiger partial charge is 0.378 e. The maximum atomic E-state index is 12.3. The van der Waals surface area contributed by atoms with Crippen LogP contribution in [-0.2, 0) is 9.59 Å². The maximum absolute atomic E-state index is 12.3. The van der Waals surface area contributed by atoms with Crippen LogP contribution < -0.4 is 15.1 Å². The molecule has 0 saturated heterocycles. The van der Waals surface area contributed by atoms with Crippen LogP contribution in [0, 0.1) is 0 Å². The molecule has 2 rings (SSSR count). The van der Waals surface area contributed by atoms with Crippen molar-refractivity contribution in [2.75, 3.05) is 35.8 Å². The zero-order chi connectivity index (χ0) is 20.0. The number of hydrogen-bond acceptors (Lipinski definition) is 3. The van der Waals surface area contributed by atoms with Gasteiger partial charge in [0, 0.05) is 51.0 Å².